The molecule has 11 heavy (non-hydrogen) atoms. The van der Waals surface area contributed by atoms with Crippen LogP contribution in [0.5, 0.6) is 0 Å². The lowest BCUT2D eigenvalue weighted by atomic mass is 9.37. The van der Waals surface area contributed by atoms with Crippen molar-refractivity contribution in [2.75, 3.05) is 13.1 Å². The maximum atomic E-state index is 4.05. The van der Waals surface area contributed by atoms with Gasteiger partial charge in [0.25, 0.3) is 0 Å². The van der Waals surface area contributed by atoms with Gasteiger partial charge in [-0.2, -0.15) is 0 Å². The fraction of sp³-hybridized carbons (Fsp3) is 0.778. The minimum atomic E-state index is 0.532. The summed E-state index contributed by atoms with van der Waals surface area (Å²) in [5.74, 6) is 0. The van der Waals surface area contributed by atoms with E-state index in [2.05, 4.69) is 32.6 Å². The highest BCUT2D eigenvalue weighted by Gasteiger charge is 2.50. The predicted molar refractivity (Wildman–Crippen MR) is 48.8 cm³/mol. The monoisotopic (exact) mass is 148 g/mol. The first-order chi connectivity index (χ1) is 5.14. The first kappa shape index (κ1) is 7.42. The van der Waals surface area contributed by atoms with Crippen molar-refractivity contribution < 1.29 is 0 Å². The lowest BCUT2D eigenvalue weighted by molar-refractivity contribution is 0.0148. The standard InChI is InChI=1S/C9H15BN/c1-7(2)11-5-9(6-11)4-10-8(9)3/h7H,3-6H2,1-2H3. The molecule has 2 heteroatoms. The molecule has 2 heterocycles. The molecule has 0 amide bonds. The van der Waals surface area contributed by atoms with Gasteiger partial charge in [-0.05, 0) is 13.8 Å². The average molecular weight is 148 g/mol. The van der Waals surface area contributed by atoms with Crippen molar-refractivity contribution in [3.05, 3.63) is 12.1 Å². The summed E-state index contributed by atoms with van der Waals surface area (Å²) < 4.78 is 0. The van der Waals surface area contributed by atoms with Crippen molar-refractivity contribution >= 4 is 7.28 Å². The van der Waals surface area contributed by atoms with Gasteiger partial charge in [0.15, 0.2) is 0 Å². The first-order valence-corrected chi connectivity index (χ1v) is 4.41. The van der Waals surface area contributed by atoms with Crippen LogP contribution in [0, 0.1) is 5.41 Å². The Bertz CT molecular complexity index is 192. The van der Waals surface area contributed by atoms with Gasteiger partial charge in [-0.1, -0.05) is 6.32 Å². The van der Waals surface area contributed by atoms with Gasteiger partial charge in [0.2, 0.25) is 0 Å². The van der Waals surface area contributed by atoms with Crippen LogP contribution in [-0.4, -0.2) is 31.3 Å². The summed E-state index contributed by atoms with van der Waals surface area (Å²) in [6.45, 7) is 11.1. The second-order valence-corrected chi connectivity index (χ2v) is 4.21. The molecular formula is C9H15BN. The number of likely N-dealkylation sites (tertiary alicyclic amines) is 1. The Hall–Kier alpha value is -0.235. The number of hydrogen-bond acceptors (Lipinski definition) is 1. The van der Waals surface area contributed by atoms with E-state index in [0.29, 0.717) is 11.5 Å². The van der Waals surface area contributed by atoms with Crippen LogP contribution in [0.4, 0.5) is 0 Å². The fourth-order valence-electron chi connectivity index (χ4n) is 1.96. The van der Waals surface area contributed by atoms with Crippen LogP contribution in [0.1, 0.15) is 13.8 Å². The SMILES string of the molecule is C=C1[B]CC12CN(C(C)C)C2. The molecule has 0 aliphatic carbocycles. The van der Waals surface area contributed by atoms with Gasteiger partial charge < -0.3 is 0 Å². The Balaban J connectivity index is 1.92. The fourth-order valence-corrected chi connectivity index (χ4v) is 1.96. The minimum Gasteiger partial charge on any atom is -0.299 e. The van der Waals surface area contributed by atoms with E-state index in [4.69, 9.17) is 0 Å². The molecule has 0 bridgehead atoms. The van der Waals surface area contributed by atoms with Crippen LogP contribution in [0.3, 0.4) is 0 Å². The number of nitrogens with zero attached hydrogens (tertiary/aromatic N) is 1. The van der Waals surface area contributed by atoms with Crippen molar-refractivity contribution in [1.29, 1.82) is 0 Å². The number of rotatable bonds is 1. The topological polar surface area (TPSA) is 3.24 Å². The maximum absolute atomic E-state index is 4.05. The molecule has 2 rings (SSSR count). The predicted octanol–water partition coefficient (Wildman–Crippen LogP) is 1.35. The summed E-state index contributed by atoms with van der Waals surface area (Å²) in [6, 6.07) is 0.717. The van der Waals surface area contributed by atoms with Crippen LogP contribution in [0.15, 0.2) is 12.1 Å². The summed E-state index contributed by atoms with van der Waals surface area (Å²) in [4.78, 5) is 2.51. The summed E-state index contributed by atoms with van der Waals surface area (Å²) in [5, 5.41) is 0. The summed E-state index contributed by atoms with van der Waals surface area (Å²) in [7, 11) is 2.26. The van der Waals surface area contributed by atoms with Gasteiger partial charge in [0.05, 0.1) is 0 Å². The van der Waals surface area contributed by atoms with E-state index >= 15 is 0 Å². The van der Waals surface area contributed by atoms with Crippen LogP contribution < -0.4 is 0 Å². The zero-order valence-electron chi connectivity index (χ0n) is 7.43. The summed E-state index contributed by atoms with van der Waals surface area (Å²) in [6.07, 6.45) is 1.27. The molecule has 1 spiro atoms. The molecule has 2 saturated heterocycles. The van der Waals surface area contributed by atoms with Crippen molar-refractivity contribution in [1.82, 2.24) is 4.90 Å². The van der Waals surface area contributed by atoms with Gasteiger partial charge in [0, 0.05) is 24.5 Å². The van der Waals surface area contributed by atoms with Crippen molar-refractivity contribution in [3.63, 3.8) is 0 Å². The Kier molecular flexibility index (Phi) is 1.44. The molecule has 2 fully saturated rings. The third-order valence-corrected chi connectivity index (χ3v) is 3.16. The minimum absolute atomic E-state index is 0.532. The van der Waals surface area contributed by atoms with E-state index < -0.39 is 0 Å². The highest BCUT2D eigenvalue weighted by molar-refractivity contribution is 6.51. The molecule has 1 radical (unpaired) electrons. The van der Waals surface area contributed by atoms with Crippen LogP contribution in [-0.2, 0) is 0 Å². The Labute approximate surface area is 69.7 Å². The normalized spacial score (nSPS) is 28.1. The molecule has 2 aliphatic heterocycles. The van der Waals surface area contributed by atoms with Crippen LogP contribution >= 0.6 is 0 Å². The zero-order chi connectivity index (χ0) is 8.06. The molecule has 0 aromatic heterocycles. The molecular weight excluding hydrogens is 133 g/mol. The molecule has 0 N–H and O–H groups in total. The zero-order valence-corrected chi connectivity index (χ0v) is 7.43. The largest absolute Gasteiger partial charge is 0.299 e. The van der Waals surface area contributed by atoms with Crippen molar-refractivity contribution in [2.24, 2.45) is 5.41 Å². The van der Waals surface area contributed by atoms with Crippen molar-refractivity contribution in [2.45, 2.75) is 26.2 Å². The third kappa shape index (κ3) is 0.887. The second kappa shape index (κ2) is 2.13. The molecule has 59 valence electrons. The van der Waals surface area contributed by atoms with Crippen LogP contribution in [0.25, 0.3) is 0 Å². The van der Waals surface area contributed by atoms with E-state index in [0.717, 1.165) is 0 Å². The van der Waals surface area contributed by atoms with E-state index in [1.165, 1.54) is 24.9 Å². The summed E-state index contributed by atoms with van der Waals surface area (Å²) >= 11 is 0. The summed E-state index contributed by atoms with van der Waals surface area (Å²) in [5.41, 5.74) is 1.92. The van der Waals surface area contributed by atoms with E-state index in [-0.39, 0.29) is 0 Å². The molecule has 0 aromatic carbocycles. The molecule has 0 atom stereocenters. The Morgan fingerprint density at radius 2 is 2.18 bits per heavy atom. The highest BCUT2D eigenvalue weighted by Crippen LogP contribution is 2.48. The Morgan fingerprint density at radius 1 is 1.55 bits per heavy atom. The lowest BCUT2D eigenvalue weighted by Gasteiger charge is -2.59. The van der Waals surface area contributed by atoms with Crippen molar-refractivity contribution in [3.8, 4) is 0 Å². The molecule has 0 saturated carbocycles. The van der Waals surface area contributed by atoms with Gasteiger partial charge in [-0.25, -0.2) is 0 Å². The average Bonchev–Trinajstić information content (AvgIpc) is 1.81. The third-order valence-electron chi connectivity index (χ3n) is 3.16. The molecule has 2 aliphatic rings. The van der Waals surface area contributed by atoms with Gasteiger partial charge in [-0.3, -0.25) is 4.90 Å². The molecule has 0 aromatic rings. The second-order valence-electron chi connectivity index (χ2n) is 4.21. The van der Waals surface area contributed by atoms with Gasteiger partial charge >= 0.3 is 0 Å². The molecule has 0 unspecified atom stereocenters. The van der Waals surface area contributed by atoms with Gasteiger partial charge in [0.1, 0.15) is 7.28 Å². The lowest BCUT2D eigenvalue weighted by Crippen LogP contribution is -2.64. The highest BCUT2D eigenvalue weighted by atomic mass is 15.2. The van der Waals surface area contributed by atoms with Gasteiger partial charge in [-0.15, -0.1) is 12.1 Å². The number of hydrogen-bond donors (Lipinski definition) is 0. The quantitative estimate of drug-likeness (QED) is 0.507. The first-order valence-electron chi connectivity index (χ1n) is 4.41. The Morgan fingerprint density at radius 3 is 2.45 bits per heavy atom. The maximum Gasteiger partial charge on any atom is 0.146 e. The smallest absolute Gasteiger partial charge is 0.146 e. The molecule has 1 nitrogen and oxygen atoms in total. The van der Waals surface area contributed by atoms with E-state index in [1.54, 1.807) is 0 Å². The van der Waals surface area contributed by atoms with E-state index in [1.807, 2.05) is 0 Å². The van der Waals surface area contributed by atoms with Crippen LogP contribution in [0.2, 0.25) is 6.32 Å². The van der Waals surface area contributed by atoms with E-state index in [9.17, 15) is 0 Å².